The second-order valence-electron chi connectivity index (χ2n) is 4.25. The lowest BCUT2D eigenvalue weighted by Crippen LogP contribution is -2.23. The van der Waals surface area contributed by atoms with Gasteiger partial charge in [0.2, 0.25) is 11.0 Å². The number of hydrogen-bond acceptors (Lipinski definition) is 6. The molecule has 118 valence electrons. The summed E-state index contributed by atoms with van der Waals surface area (Å²) in [5.74, 6) is -2.12. The van der Waals surface area contributed by atoms with Gasteiger partial charge in [0.25, 0.3) is 0 Å². The predicted octanol–water partition coefficient (Wildman–Crippen LogP) is 3.37. The van der Waals surface area contributed by atoms with E-state index >= 15 is 0 Å². The molecule has 2 aromatic rings. The summed E-state index contributed by atoms with van der Waals surface area (Å²) in [6.45, 7) is 4.29. The van der Waals surface area contributed by atoms with Gasteiger partial charge in [-0.1, -0.05) is 29.2 Å². The molecular weight excluding hydrogens is 330 g/mol. The second-order valence-corrected chi connectivity index (χ2v) is 6.81. The molecule has 1 atom stereocenters. The number of para-hydroxylation sites is 1. The Labute approximate surface area is 134 Å². The van der Waals surface area contributed by atoms with E-state index in [1.165, 1.54) is 29.2 Å². The molecule has 0 aliphatic carbocycles. The van der Waals surface area contributed by atoms with Gasteiger partial charge in [-0.25, -0.2) is 8.78 Å². The zero-order valence-electron chi connectivity index (χ0n) is 11.9. The summed E-state index contributed by atoms with van der Waals surface area (Å²) in [6.07, 6.45) is 0. The van der Waals surface area contributed by atoms with Gasteiger partial charge >= 0.3 is 0 Å². The van der Waals surface area contributed by atoms with Crippen molar-refractivity contribution in [1.82, 2.24) is 10.2 Å². The highest BCUT2D eigenvalue weighted by molar-refractivity contribution is 8.02. The van der Waals surface area contributed by atoms with Crippen LogP contribution in [-0.2, 0) is 4.79 Å². The second kappa shape index (κ2) is 7.50. The van der Waals surface area contributed by atoms with Crippen molar-refractivity contribution >= 4 is 39.8 Å². The first-order valence-electron chi connectivity index (χ1n) is 6.50. The summed E-state index contributed by atoms with van der Waals surface area (Å²) in [5, 5.41) is 13.2. The van der Waals surface area contributed by atoms with E-state index in [4.69, 9.17) is 0 Å². The van der Waals surface area contributed by atoms with Crippen LogP contribution in [0.1, 0.15) is 13.8 Å². The van der Waals surface area contributed by atoms with Gasteiger partial charge in [-0.05, 0) is 26.0 Å². The Bertz CT molecular complexity index is 645. The highest BCUT2D eigenvalue weighted by atomic mass is 32.2. The minimum absolute atomic E-state index is 0.439. The van der Waals surface area contributed by atoms with Crippen LogP contribution < -0.4 is 10.6 Å². The van der Waals surface area contributed by atoms with Crippen LogP contribution in [0.5, 0.6) is 0 Å². The maximum atomic E-state index is 13.5. The first kappa shape index (κ1) is 16.6. The molecule has 0 aliphatic rings. The molecule has 1 aromatic carbocycles. The Morgan fingerprint density at radius 1 is 1.36 bits per heavy atom. The molecule has 0 saturated carbocycles. The van der Waals surface area contributed by atoms with Crippen molar-refractivity contribution in [1.29, 1.82) is 0 Å². The average molecular weight is 344 g/mol. The van der Waals surface area contributed by atoms with Crippen molar-refractivity contribution in [2.45, 2.75) is 23.4 Å². The standard InChI is InChI=1S/C13H14F2N4OS2/c1-3-16-12-18-19-13(22-12)21-7(2)11(20)17-10-8(14)5-4-6-9(10)15/h4-7H,3H2,1-2H3,(H,16,18)(H,17,20)/t7-/m1/s1. The van der Waals surface area contributed by atoms with Gasteiger partial charge in [-0.15, -0.1) is 10.2 Å². The molecule has 0 saturated heterocycles. The van der Waals surface area contributed by atoms with Crippen molar-refractivity contribution < 1.29 is 13.6 Å². The summed E-state index contributed by atoms with van der Waals surface area (Å²) in [7, 11) is 0. The molecule has 9 heteroatoms. The van der Waals surface area contributed by atoms with Crippen LogP contribution in [0.3, 0.4) is 0 Å². The lowest BCUT2D eigenvalue weighted by Gasteiger charge is -2.11. The molecule has 0 spiro atoms. The summed E-state index contributed by atoms with van der Waals surface area (Å²) >= 11 is 2.49. The maximum Gasteiger partial charge on any atom is 0.237 e. The summed E-state index contributed by atoms with van der Waals surface area (Å²) in [4.78, 5) is 12.0. The van der Waals surface area contributed by atoms with E-state index in [1.807, 2.05) is 6.92 Å². The van der Waals surface area contributed by atoms with Crippen LogP contribution in [0.25, 0.3) is 0 Å². The van der Waals surface area contributed by atoms with Crippen molar-refractivity contribution in [2.75, 3.05) is 17.2 Å². The number of carbonyl (C=O) groups is 1. The molecule has 1 amide bonds. The first-order chi connectivity index (χ1) is 10.5. The fourth-order valence-corrected chi connectivity index (χ4v) is 3.49. The molecule has 1 heterocycles. The third-order valence-corrected chi connectivity index (χ3v) is 4.66. The number of rotatable bonds is 6. The van der Waals surface area contributed by atoms with Gasteiger partial charge < -0.3 is 10.6 Å². The highest BCUT2D eigenvalue weighted by Gasteiger charge is 2.20. The van der Waals surface area contributed by atoms with E-state index in [9.17, 15) is 13.6 Å². The van der Waals surface area contributed by atoms with Gasteiger partial charge in [0.15, 0.2) is 4.34 Å². The number of halogens is 2. The lowest BCUT2D eigenvalue weighted by atomic mass is 10.3. The molecule has 0 radical (unpaired) electrons. The van der Waals surface area contributed by atoms with Crippen LogP contribution in [-0.4, -0.2) is 27.9 Å². The van der Waals surface area contributed by atoms with Crippen LogP contribution in [0.15, 0.2) is 22.5 Å². The molecular formula is C13H14F2N4OS2. The Balaban J connectivity index is 1.99. The summed E-state index contributed by atoms with van der Waals surface area (Å²) < 4.78 is 27.6. The molecule has 0 unspecified atom stereocenters. The third kappa shape index (κ3) is 4.14. The first-order valence-corrected chi connectivity index (χ1v) is 8.19. The Hall–Kier alpha value is -1.74. The van der Waals surface area contributed by atoms with Crippen LogP contribution in [0.2, 0.25) is 0 Å². The molecule has 0 fully saturated rings. The summed E-state index contributed by atoms with van der Waals surface area (Å²) in [5.41, 5.74) is -0.439. The van der Waals surface area contributed by atoms with E-state index in [0.717, 1.165) is 18.7 Å². The number of carbonyl (C=O) groups excluding carboxylic acids is 1. The average Bonchev–Trinajstić information content (AvgIpc) is 2.90. The molecule has 22 heavy (non-hydrogen) atoms. The maximum absolute atomic E-state index is 13.5. The predicted molar refractivity (Wildman–Crippen MR) is 84.4 cm³/mol. The number of benzene rings is 1. The molecule has 2 rings (SSSR count). The smallest absolute Gasteiger partial charge is 0.237 e. The molecule has 0 aliphatic heterocycles. The number of nitrogens with one attached hydrogen (secondary N) is 2. The molecule has 0 bridgehead atoms. The van der Waals surface area contributed by atoms with E-state index in [2.05, 4.69) is 20.8 Å². The van der Waals surface area contributed by atoms with Gasteiger partial charge in [-0.3, -0.25) is 4.79 Å². The van der Waals surface area contributed by atoms with E-state index in [1.54, 1.807) is 6.92 Å². The fraction of sp³-hybridized carbons (Fsp3) is 0.308. The normalized spacial score (nSPS) is 12.0. The number of amides is 1. The highest BCUT2D eigenvalue weighted by Crippen LogP contribution is 2.29. The number of hydrogen-bond donors (Lipinski definition) is 2. The molecule has 2 N–H and O–H groups in total. The topological polar surface area (TPSA) is 66.9 Å². The van der Waals surface area contributed by atoms with Crippen molar-refractivity contribution in [2.24, 2.45) is 0 Å². The largest absolute Gasteiger partial charge is 0.360 e. The van der Waals surface area contributed by atoms with Gasteiger partial charge in [0.1, 0.15) is 17.3 Å². The molecule has 1 aromatic heterocycles. The van der Waals surface area contributed by atoms with Crippen LogP contribution in [0, 0.1) is 11.6 Å². The van der Waals surface area contributed by atoms with E-state index < -0.39 is 28.5 Å². The minimum Gasteiger partial charge on any atom is -0.360 e. The number of nitrogens with zero attached hydrogens (tertiary/aromatic N) is 2. The monoisotopic (exact) mass is 344 g/mol. The van der Waals surface area contributed by atoms with E-state index in [-0.39, 0.29) is 0 Å². The van der Waals surface area contributed by atoms with Crippen molar-refractivity contribution in [3.63, 3.8) is 0 Å². The zero-order valence-corrected chi connectivity index (χ0v) is 13.5. The molecule has 5 nitrogen and oxygen atoms in total. The zero-order chi connectivity index (χ0) is 16.1. The van der Waals surface area contributed by atoms with Gasteiger partial charge in [0, 0.05) is 6.54 Å². The van der Waals surface area contributed by atoms with Crippen LogP contribution >= 0.6 is 23.1 Å². The van der Waals surface area contributed by atoms with Crippen LogP contribution in [0.4, 0.5) is 19.6 Å². The minimum atomic E-state index is -0.809. The quantitative estimate of drug-likeness (QED) is 0.787. The van der Waals surface area contributed by atoms with Crippen molar-refractivity contribution in [3.8, 4) is 0 Å². The Kier molecular flexibility index (Phi) is 5.67. The van der Waals surface area contributed by atoms with Crippen molar-refractivity contribution in [3.05, 3.63) is 29.8 Å². The van der Waals surface area contributed by atoms with Gasteiger partial charge in [0.05, 0.1) is 5.25 Å². The Morgan fingerprint density at radius 3 is 2.68 bits per heavy atom. The van der Waals surface area contributed by atoms with E-state index in [0.29, 0.717) is 9.47 Å². The number of thioether (sulfide) groups is 1. The SMILES string of the molecule is CCNc1nnc(S[C@H](C)C(=O)Nc2c(F)cccc2F)s1. The summed E-state index contributed by atoms with van der Waals surface area (Å²) in [6, 6.07) is 3.41. The number of aromatic nitrogens is 2. The van der Waals surface area contributed by atoms with Gasteiger partial charge in [-0.2, -0.15) is 0 Å². The lowest BCUT2D eigenvalue weighted by molar-refractivity contribution is -0.115. The Morgan fingerprint density at radius 2 is 2.05 bits per heavy atom. The number of anilines is 2. The fourth-order valence-electron chi connectivity index (χ4n) is 1.53. The third-order valence-electron chi connectivity index (χ3n) is 2.59.